The fourth-order valence-corrected chi connectivity index (χ4v) is 1.90. The van der Waals surface area contributed by atoms with E-state index in [1.807, 2.05) is 0 Å². The van der Waals surface area contributed by atoms with Gasteiger partial charge in [0.15, 0.2) is 5.78 Å². The van der Waals surface area contributed by atoms with Gasteiger partial charge in [0.1, 0.15) is 5.82 Å². The number of pyridine rings is 1. The summed E-state index contributed by atoms with van der Waals surface area (Å²) in [7, 11) is 0. The van der Waals surface area contributed by atoms with Gasteiger partial charge in [-0.25, -0.2) is 4.39 Å². The average molecular weight is 295 g/mol. The highest BCUT2D eigenvalue weighted by atomic mass is 79.9. The van der Waals surface area contributed by atoms with E-state index in [2.05, 4.69) is 20.9 Å². The summed E-state index contributed by atoms with van der Waals surface area (Å²) in [5, 5.41) is 0. The molecule has 2 rings (SSSR count). The zero-order chi connectivity index (χ0) is 12.4. The van der Waals surface area contributed by atoms with Gasteiger partial charge in [0, 0.05) is 28.1 Å². The van der Waals surface area contributed by atoms with Gasteiger partial charge in [0.05, 0.1) is 5.56 Å². The number of nitrogen functional groups attached to an aromatic ring is 1. The van der Waals surface area contributed by atoms with Crippen molar-refractivity contribution in [2.24, 2.45) is 0 Å². The lowest BCUT2D eigenvalue weighted by Crippen LogP contribution is -2.06. The molecule has 0 aliphatic rings. The van der Waals surface area contributed by atoms with Gasteiger partial charge >= 0.3 is 0 Å². The summed E-state index contributed by atoms with van der Waals surface area (Å²) in [6.07, 6.45) is 2.87. The van der Waals surface area contributed by atoms with Crippen molar-refractivity contribution in [1.82, 2.24) is 4.98 Å². The molecule has 0 atom stereocenters. The van der Waals surface area contributed by atoms with E-state index in [1.165, 1.54) is 36.7 Å². The Balaban J connectivity index is 2.48. The Morgan fingerprint density at radius 1 is 1.35 bits per heavy atom. The highest BCUT2D eigenvalue weighted by molar-refractivity contribution is 9.10. The van der Waals surface area contributed by atoms with Crippen molar-refractivity contribution >= 4 is 27.4 Å². The van der Waals surface area contributed by atoms with Crippen LogP contribution in [0.25, 0.3) is 0 Å². The van der Waals surface area contributed by atoms with Crippen LogP contribution in [0.3, 0.4) is 0 Å². The molecule has 5 heteroatoms. The molecular weight excluding hydrogens is 287 g/mol. The van der Waals surface area contributed by atoms with Gasteiger partial charge in [0.2, 0.25) is 0 Å². The molecule has 0 saturated carbocycles. The minimum absolute atomic E-state index is 0.233. The summed E-state index contributed by atoms with van der Waals surface area (Å²) in [5.74, 6) is -0.832. The lowest BCUT2D eigenvalue weighted by molar-refractivity contribution is 0.103. The van der Waals surface area contributed by atoms with Crippen LogP contribution < -0.4 is 5.73 Å². The molecule has 0 spiro atoms. The molecule has 0 saturated heterocycles. The van der Waals surface area contributed by atoms with Crippen molar-refractivity contribution in [3.63, 3.8) is 0 Å². The maximum absolute atomic E-state index is 13.2. The van der Waals surface area contributed by atoms with Gasteiger partial charge in [0.25, 0.3) is 0 Å². The number of aromatic nitrogens is 1. The van der Waals surface area contributed by atoms with Crippen LogP contribution in [-0.4, -0.2) is 10.8 Å². The Hall–Kier alpha value is -1.75. The molecule has 3 nitrogen and oxygen atoms in total. The molecule has 0 aliphatic heterocycles. The zero-order valence-electron chi connectivity index (χ0n) is 8.65. The van der Waals surface area contributed by atoms with Crippen LogP contribution in [0, 0.1) is 5.82 Å². The largest absolute Gasteiger partial charge is 0.398 e. The fraction of sp³-hybridized carbons (Fsp3) is 0. The number of carbonyl (C=O) groups excluding carboxylic acids is 1. The third-order valence-corrected chi connectivity index (χ3v) is 2.68. The van der Waals surface area contributed by atoms with Crippen LogP contribution in [0.1, 0.15) is 15.9 Å². The minimum Gasteiger partial charge on any atom is -0.398 e. The normalized spacial score (nSPS) is 10.2. The smallest absolute Gasteiger partial charge is 0.196 e. The maximum Gasteiger partial charge on any atom is 0.196 e. The van der Waals surface area contributed by atoms with Crippen molar-refractivity contribution in [3.8, 4) is 0 Å². The molecule has 1 aromatic carbocycles. The van der Waals surface area contributed by atoms with E-state index in [4.69, 9.17) is 5.73 Å². The predicted octanol–water partition coefficient (Wildman–Crippen LogP) is 2.80. The first-order valence-corrected chi connectivity index (χ1v) is 5.57. The minimum atomic E-state index is -0.481. The van der Waals surface area contributed by atoms with Crippen molar-refractivity contribution in [3.05, 3.63) is 58.1 Å². The second kappa shape index (κ2) is 4.63. The highest BCUT2D eigenvalue weighted by Crippen LogP contribution is 2.20. The summed E-state index contributed by atoms with van der Waals surface area (Å²) in [5.41, 5.74) is 6.49. The molecule has 1 aromatic heterocycles. The van der Waals surface area contributed by atoms with Crippen molar-refractivity contribution < 1.29 is 9.18 Å². The molecule has 17 heavy (non-hydrogen) atoms. The third kappa shape index (κ3) is 2.50. The van der Waals surface area contributed by atoms with Gasteiger partial charge in [-0.1, -0.05) is 15.9 Å². The van der Waals surface area contributed by atoms with Crippen LogP contribution in [0.2, 0.25) is 0 Å². The molecule has 2 N–H and O–H groups in total. The second-order valence-corrected chi connectivity index (χ2v) is 4.37. The van der Waals surface area contributed by atoms with Gasteiger partial charge in [-0.2, -0.15) is 0 Å². The molecule has 0 fully saturated rings. The number of benzene rings is 1. The first-order chi connectivity index (χ1) is 8.08. The number of carbonyl (C=O) groups is 1. The van der Waals surface area contributed by atoms with E-state index in [-0.39, 0.29) is 16.9 Å². The SMILES string of the molecule is Nc1ccncc1C(=O)c1cc(F)cc(Br)c1. The molecular formula is C12H8BrFN2O. The number of hydrogen-bond donors (Lipinski definition) is 1. The second-order valence-electron chi connectivity index (χ2n) is 3.45. The Kier molecular flexibility index (Phi) is 3.19. The van der Waals surface area contributed by atoms with E-state index in [0.717, 1.165) is 0 Å². The van der Waals surface area contributed by atoms with Crippen LogP contribution in [0.4, 0.5) is 10.1 Å². The molecule has 2 aromatic rings. The molecule has 0 unspecified atom stereocenters. The van der Waals surface area contributed by atoms with Crippen molar-refractivity contribution in [1.29, 1.82) is 0 Å². The number of nitrogens with zero attached hydrogens (tertiary/aromatic N) is 1. The van der Waals surface area contributed by atoms with Gasteiger partial charge in [-0.15, -0.1) is 0 Å². The lowest BCUT2D eigenvalue weighted by atomic mass is 10.0. The fourth-order valence-electron chi connectivity index (χ4n) is 1.44. The lowest BCUT2D eigenvalue weighted by Gasteiger charge is -2.04. The quantitative estimate of drug-likeness (QED) is 0.867. The van der Waals surface area contributed by atoms with E-state index in [9.17, 15) is 9.18 Å². The van der Waals surface area contributed by atoms with Crippen LogP contribution >= 0.6 is 15.9 Å². The van der Waals surface area contributed by atoms with Gasteiger partial charge in [-0.05, 0) is 24.3 Å². The first-order valence-electron chi connectivity index (χ1n) is 4.78. The average Bonchev–Trinajstić information content (AvgIpc) is 2.27. The molecule has 0 bridgehead atoms. The van der Waals surface area contributed by atoms with E-state index >= 15 is 0 Å². The number of ketones is 1. The van der Waals surface area contributed by atoms with Gasteiger partial charge < -0.3 is 5.73 Å². The Labute approximate surface area is 106 Å². The Morgan fingerprint density at radius 3 is 2.76 bits per heavy atom. The number of anilines is 1. The van der Waals surface area contributed by atoms with Crippen LogP contribution in [0.15, 0.2) is 41.1 Å². The highest BCUT2D eigenvalue weighted by Gasteiger charge is 2.13. The first kappa shape index (κ1) is 11.7. The summed E-state index contributed by atoms with van der Waals surface area (Å²) in [6.45, 7) is 0. The molecule has 0 amide bonds. The van der Waals surface area contributed by atoms with Crippen LogP contribution in [0.5, 0.6) is 0 Å². The van der Waals surface area contributed by atoms with E-state index in [1.54, 1.807) is 0 Å². The Bertz CT molecular complexity index is 566. The summed E-state index contributed by atoms with van der Waals surface area (Å²) >= 11 is 3.13. The van der Waals surface area contributed by atoms with Crippen LogP contribution in [-0.2, 0) is 0 Å². The standard InChI is InChI=1S/C12H8BrFN2O/c13-8-3-7(4-9(14)5-8)12(17)10-6-16-2-1-11(10)15/h1-6H,(H2,15,16). The summed E-state index contributed by atoms with van der Waals surface area (Å²) in [6, 6.07) is 5.52. The zero-order valence-corrected chi connectivity index (χ0v) is 10.2. The molecule has 0 radical (unpaired) electrons. The van der Waals surface area contributed by atoms with E-state index in [0.29, 0.717) is 10.2 Å². The molecule has 0 aliphatic carbocycles. The molecule has 86 valence electrons. The van der Waals surface area contributed by atoms with Crippen molar-refractivity contribution in [2.75, 3.05) is 5.73 Å². The van der Waals surface area contributed by atoms with E-state index < -0.39 is 5.82 Å². The number of rotatable bonds is 2. The maximum atomic E-state index is 13.2. The monoisotopic (exact) mass is 294 g/mol. The number of hydrogen-bond acceptors (Lipinski definition) is 3. The summed E-state index contributed by atoms with van der Waals surface area (Å²) in [4.78, 5) is 15.9. The Morgan fingerprint density at radius 2 is 2.12 bits per heavy atom. The number of nitrogens with two attached hydrogens (primary N) is 1. The number of halogens is 2. The predicted molar refractivity (Wildman–Crippen MR) is 66.2 cm³/mol. The van der Waals surface area contributed by atoms with Gasteiger partial charge in [-0.3, -0.25) is 9.78 Å². The third-order valence-electron chi connectivity index (χ3n) is 2.22. The van der Waals surface area contributed by atoms with Crippen molar-refractivity contribution in [2.45, 2.75) is 0 Å². The topological polar surface area (TPSA) is 56.0 Å². The molecule has 1 heterocycles. The summed E-state index contributed by atoms with van der Waals surface area (Å²) < 4.78 is 13.7.